The van der Waals surface area contributed by atoms with Gasteiger partial charge in [0.2, 0.25) is 0 Å². The van der Waals surface area contributed by atoms with E-state index in [0.29, 0.717) is 0 Å². The number of carbonyl (C=O) groups excluding carboxylic acids is 1. The second kappa shape index (κ2) is 3.82. The average Bonchev–Trinajstić information content (AvgIpc) is 2.52. The smallest absolute Gasteiger partial charge is 0.377 e. The van der Waals surface area contributed by atoms with E-state index in [1.54, 1.807) is 0 Å². The summed E-state index contributed by atoms with van der Waals surface area (Å²) < 4.78 is 10.6. The van der Waals surface area contributed by atoms with Crippen molar-refractivity contribution in [3.05, 3.63) is 12.2 Å². The lowest BCUT2D eigenvalue weighted by Crippen LogP contribution is -2.06. The molecule has 6 heteroatoms. The normalized spacial score (nSPS) is 9.83. The van der Waals surface area contributed by atoms with E-state index in [2.05, 4.69) is 14.8 Å². The minimum Gasteiger partial charge on any atom is -0.463 e. The summed E-state index contributed by atoms with van der Waals surface area (Å²) in [5.74, 6) is -0.514. The number of hydrogen-bond donors (Lipinski definition) is 0. The molecule has 1 aromatic rings. The third kappa shape index (κ3) is 1.79. The van der Waals surface area contributed by atoms with Crippen LogP contribution in [0.1, 0.15) is 10.6 Å². The topological polar surface area (TPSA) is 66.2 Å². The Morgan fingerprint density at radius 1 is 1.67 bits per heavy atom. The number of rotatable bonds is 3. The summed E-state index contributed by atoms with van der Waals surface area (Å²) in [6.45, 7) is 0.268. The van der Waals surface area contributed by atoms with Crippen LogP contribution in [0, 0.1) is 0 Å². The highest BCUT2D eigenvalue weighted by Crippen LogP contribution is 1.92. The Hall–Kier alpha value is -1.43. The molecule has 66 valence electrons. The van der Waals surface area contributed by atoms with Crippen LogP contribution in [-0.4, -0.2) is 35.0 Å². The van der Waals surface area contributed by atoms with Crippen LogP contribution in [0.3, 0.4) is 0 Å². The fourth-order valence-corrected chi connectivity index (χ4v) is 0.674. The maximum absolute atomic E-state index is 10.8. The van der Waals surface area contributed by atoms with Gasteiger partial charge in [-0.25, -0.2) is 14.5 Å². The van der Waals surface area contributed by atoms with Crippen molar-refractivity contribution in [3.63, 3.8) is 0 Å². The van der Waals surface area contributed by atoms with E-state index in [1.165, 1.54) is 25.2 Å². The minimum atomic E-state index is -0.551. The molecule has 0 spiro atoms. The van der Waals surface area contributed by atoms with E-state index < -0.39 is 5.97 Å². The molecule has 0 unspecified atom stereocenters. The lowest BCUT2D eigenvalue weighted by molar-refractivity contribution is 0.0583. The molecule has 0 radical (unpaired) electrons. The standard InChI is InChI=1S/C6H9N3O3/c1-11-4-9-3-7-5(8-9)6(10)12-2/h3H,4H2,1-2H3. The number of ether oxygens (including phenoxy) is 2. The summed E-state index contributed by atoms with van der Waals surface area (Å²) in [5.41, 5.74) is 0. The Labute approximate surface area is 69.1 Å². The van der Waals surface area contributed by atoms with Crippen molar-refractivity contribution in [1.82, 2.24) is 14.8 Å². The highest BCUT2D eigenvalue weighted by molar-refractivity contribution is 5.84. The Balaban J connectivity index is 2.70. The molecular weight excluding hydrogens is 162 g/mol. The van der Waals surface area contributed by atoms with Gasteiger partial charge in [0.15, 0.2) is 0 Å². The summed E-state index contributed by atoms with van der Waals surface area (Å²) in [7, 11) is 2.80. The summed E-state index contributed by atoms with van der Waals surface area (Å²) in [6.07, 6.45) is 1.40. The van der Waals surface area contributed by atoms with Crippen LogP contribution < -0.4 is 0 Å². The highest BCUT2D eigenvalue weighted by atomic mass is 16.5. The van der Waals surface area contributed by atoms with Crippen molar-refractivity contribution < 1.29 is 14.3 Å². The molecule has 0 aromatic carbocycles. The van der Waals surface area contributed by atoms with Crippen molar-refractivity contribution in [1.29, 1.82) is 0 Å². The number of aromatic nitrogens is 3. The van der Waals surface area contributed by atoms with E-state index >= 15 is 0 Å². The molecule has 0 aliphatic rings. The second-order valence-corrected chi connectivity index (χ2v) is 2.02. The molecule has 1 rings (SSSR count). The molecule has 12 heavy (non-hydrogen) atoms. The Morgan fingerprint density at radius 2 is 2.42 bits per heavy atom. The minimum absolute atomic E-state index is 0.0366. The van der Waals surface area contributed by atoms with Gasteiger partial charge in [0, 0.05) is 7.11 Å². The molecule has 0 fully saturated rings. The maximum atomic E-state index is 10.8. The summed E-state index contributed by atoms with van der Waals surface area (Å²) in [4.78, 5) is 14.5. The molecule has 1 heterocycles. The maximum Gasteiger partial charge on any atom is 0.377 e. The monoisotopic (exact) mass is 171 g/mol. The summed E-state index contributed by atoms with van der Waals surface area (Å²) in [6, 6.07) is 0. The van der Waals surface area contributed by atoms with Crippen molar-refractivity contribution in [3.8, 4) is 0 Å². The van der Waals surface area contributed by atoms with Crippen LogP contribution in [-0.2, 0) is 16.2 Å². The molecule has 0 saturated heterocycles. The van der Waals surface area contributed by atoms with Crippen molar-refractivity contribution in [2.45, 2.75) is 6.73 Å². The fourth-order valence-electron chi connectivity index (χ4n) is 0.674. The number of carbonyl (C=O) groups is 1. The van der Waals surface area contributed by atoms with Crippen LogP contribution in [0.5, 0.6) is 0 Å². The molecule has 0 bridgehead atoms. The number of nitrogens with zero attached hydrogens (tertiary/aromatic N) is 3. The molecule has 0 amide bonds. The van der Waals surface area contributed by atoms with Gasteiger partial charge in [-0.3, -0.25) is 0 Å². The van der Waals surface area contributed by atoms with Gasteiger partial charge >= 0.3 is 5.97 Å². The first-order chi connectivity index (χ1) is 5.77. The van der Waals surface area contributed by atoms with Crippen LogP contribution in [0.2, 0.25) is 0 Å². The largest absolute Gasteiger partial charge is 0.463 e. The van der Waals surface area contributed by atoms with Gasteiger partial charge in [0.1, 0.15) is 13.1 Å². The predicted octanol–water partition coefficient (Wildman–Crippen LogP) is -0.331. The molecule has 1 aromatic heterocycles. The number of hydrogen-bond acceptors (Lipinski definition) is 5. The van der Waals surface area contributed by atoms with Crippen LogP contribution >= 0.6 is 0 Å². The zero-order chi connectivity index (χ0) is 8.97. The van der Waals surface area contributed by atoms with E-state index in [4.69, 9.17) is 4.74 Å². The first-order valence-electron chi connectivity index (χ1n) is 3.24. The Bertz CT molecular complexity index is 271. The first kappa shape index (κ1) is 8.66. The average molecular weight is 171 g/mol. The second-order valence-electron chi connectivity index (χ2n) is 2.02. The molecule has 0 aliphatic carbocycles. The lowest BCUT2D eigenvalue weighted by atomic mass is 10.6. The van der Waals surface area contributed by atoms with Gasteiger partial charge in [-0.15, -0.1) is 5.10 Å². The molecule has 6 nitrogen and oxygen atoms in total. The predicted molar refractivity (Wildman–Crippen MR) is 38.4 cm³/mol. The van der Waals surface area contributed by atoms with Crippen LogP contribution in [0.25, 0.3) is 0 Å². The van der Waals surface area contributed by atoms with Gasteiger partial charge in [0.25, 0.3) is 5.82 Å². The Morgan fingerprint density at radius 3 is 3.00 bits per heavy atom. The zero-order valence-electron chi connectivity index (χ0n) is 6.85. The van der Waals surface area contributed by atoms with Crippen molar-refractivity contribution in [2.75, 3.05) is 14.2 Å². The van der Waals surface area contributed by atoms with Crippen molar-refractivity contribution >= 4 is 5.97 Å². The lowest BCUT2D eigenvalue weighted by Gasteiger charge is -1.94. The fraction of sp³-hybridized carbons (Fsp3) is 0.500. The quantitative estimate of drug-likeness (QED) is 0.582. The van der Waals surface area contributed by atoms with Crippen LogP contribution in [0.15, 0.2) is 6.33 Å². The number of esters is 1. The van der Waals surface area contributed by atoms with E-state index in [-0.39, 0.29) is 12.6 Å². The van der Waals surface area contributed by atoms with Crippen LogP contribution in [0.4, 0.5) is 0 Å². The molecule has 0 aliphatic heterocycles. The van der Waals surface area contributed by atoms with Gasteiger partial charge < -0.3 is 9.47 Å². The molecule has 0 saturated carbocycles. The third-order valence-electron chi connectivity index (χ3n) is 1.17. The molecule has 0 N–H and O–H groups in total. The van der Waals surface area contributed by atoms with E-state index in [9.17, 15) is 4.79 Å². The third-order valence-corrected chi connectivity index (χ3v) is 1.17. The van der Waals surface area contributed by atoms with Gasteiger partial charge in [-0.2, -0.15) is 0 Å². The zero-order valence-corrected chi connectivity index (χ0v) is 6.85. The van der Waals surface area contributed by atoms with Gasteiger partial charge in [-0.05, 0) is 0 Å². The number of methoxy groups -OCH3 is 2. The van der Waals surface area contributed by atoms with E-state index in [1.807, 2.05) is 0 Å². The van der Waals surface area contributed by atoms with E-state index in [0.717, 1.165) is 0 Å². The van der Waals surface area contributed by atoms with Crippen molar-refractivity contribution in [2.24, 2.45) is 0 Å². The summed E-state index contributed by atoms with van der Waals surface area (Å²) in [5, 5.41) is 3.78. The summed E-state index contributed by atoms with van der Waals surface area (Å²) >= 11 is 0. The SMILES string of the molecule is COCn1cnc(C(=O)OC)n1. The van der Waals surface area contributed by atoms with Gasteiger partial charge in [-0.1, -0.05) is 0 Å². The first-order valence-corrected chi connectivity index (χ1v) is 3.24. The Kier molecular flexibility index (Phi) is 2.76. The highest BCUT2D eigenvalue weighted by Gasteiger charge is 2.10. The molecular formula is C6H9N3O3. The molecule has 0 atom stereocenters. The van der Waals surface area contributed by atoms with Gasteiger partial charge in [0.05, 0.1) is 7.11 Å².